The van der Waals surface area contributed by atoms with Crippen LogP contribution in [0.3, 0.4) is 0 Å². The third kappa shape index (κ3) is 2.94. The van der Waals surface area contributed by atoms with E-state index in [9.17, 15) is 0 Å². The molecule has 0 saturated heterocycles. The lowest BCUT2D eigenvalue weighted by atomic mass is 9.73. The highest BCUT2D eigenvalue weighted by molar-refractivity contribution is 4.90. The van der Waals surface area contributed by atoms with Gasteiger partial charge in [0.25, 0.3) is 0 Å². The van der Waals surface area contributed by atoms with E-state index in [2.05, 4.69) is 19.2 Å². The molecule has 88 valence electrons. The fourth-order valence-corrected chi connectivity index (χ4v) is 2.96. The van der Waals surface area contributed by atoms with Crippen molar-refractivity contribution in [1.82, 2.24) is 5.32 Å². The Hall–Kier alpha value is -0.0800. The fourth-order valence-electron chi connectivity index (χ4n) is 2.96. The Morgan fingerprint density at radius 3 is 2.13 bits per heavy atom. The summed E-state index contributed by atoms with van der Waals surface area (Å²) in [7, 11) is 0. The van der Waals surface area contributed by atoms with Crippen molar-refractivity contribution in [2.24, 2.45) is 17.6 Å². The Morgan fingerprint density at radius 2 is 1.60 bits per heavy atom. The van der Waals surface area contributed by atoms with Gasteiger partial charge in [-0.2, -0.15) is 0 Å². The van der Waals surface area contributed by atoms with Crippen molar-refractivity contribution in [1.29, 1.82) is 0 Å². The fraction of sp³-hybridized carbons (Fsp3) is 1.00. The van der Waals surface area contributed by atoms with Gasteiger partial charge in [-0.25, -0.2) is 0 Å². The average Bonchev–Trinajstić information content (AvgIpc) is 2.13. The molecule has 2 aliphatic carbocycles. The molecular formula is C13H26N2. The van der Waals surface area contributed by atoms with Gasteiger partial charge in [0.2, 0.25) is 0 Å². The van der Waals surface area contributed by atoms with Gasteiger partial charge in [0.15, 0.2) is 0 Å². The number of nitrogens with two attached hydrogens (primary N) is 1. The molecule has 0 unspecified atom stereocenters. The zero-order valence-corrected chi connectivity index (χ0v) is 10.2. The highest BCUT2D eigenvalue weighted by atomic mass is 15.0. The van der Waals surface area contributed by atoms with Gasteiger partial charge in [-0.05, 0) is 50.4 Å². The lowest BCUT2D eigenvalue weighted by Gasteiger charge is -2.41. The Labute approximate surface area is 94.0 Å². The molecule has 2 fully saturated rings. The minimum absolute atomic E-state index is 0.479. The quantitative estimate of drug-likeness (QED) is 0.750. The van der Waals surface area contributed by atoms with Gasteiger partial charge in [-0.3, -0.25) is 0 Å². The Balaban J connectivity index is 1.63. The molecule has 0 heterocycles. The summed E-state index contributed by atoms with van der Waals surface area (Å²) >= 11 is 0. The van der Waals surface area contributed by atoms with E-state index in [0.717, 1.165) is 23.9 Å². The zero-order chi connectivity index (χ0) is 10.8. The van der Waals surface area contributed by atoms with Crippen LogP contribution in [0.15, 0.2) is 0 Å². The van der Waals surface area contributed by atoms with E-state index in [0.29, 0.717) is 6.04 Å². The normalized spacial score (nSPS) is 41.6. The van der Waals surface area contributed by atoms with Crippen LogP contribution >= 0.6 is 0 Å². The standard InChI is InChI=1S/C13H26N2/c1-9(2)10-7-13(8-10)15-12-5-3-11(14)4-6-12/h9-13,15H,3-8,14H2,1-2H3. The molecule has 2 aliphatic rings. The van der Waals surface area contributed by atoms with Gasteiger partial charge in [-0.15, -0.1) is 0 Å². The summed E-state index contributed by atoms with van der Waals surface area (Å²) in [6.07, 6.45) is 7.84. The molecule has 0 radical (unpaired) electrons. The zero-order valence-electron chi connectivity index (χ0n) is 10.2. The predicted molar refractivity (Wildman–Crippen MR) is 64.7 cm³/mol. The molecular weight excluding hydrogens is 184 g/mol. The topological polar surface area (TPSA) is 38.0 Å². The molecule has 2 heteroatoms. The minimum Gasteiger partial charge on any atom is -0.328 e. The molecule has 0 aliphatic heterocycles. The molecule has 2 rings (SSSR count). The first-order valence-electron chi connectivity index (χ1n) is 6.66. The molecule has 2 nitrogen and oxygen atoms in total. The first-order chi connectivity index (χ1) is 7.15. The van der Waals surface area contributed by atoms with E-state index in [4.69, 9.17) is 5.73 Å². The van der Waals surface area contributed by atoms with E-state index in [-0.39, 0.29) is 0 Å². The molecule has 0 atom stereocenters. The van der Waals surface area contributed by atoms with Crippen LogP contribution in [-0.2, 0) is 0 Å². The van der Waals surface area contributed by atoms with Crippen LogP contribution in [0.2, 0.25) is 0 Å². The Morgan fingerprint density at radius 1 is 1.00 bits per heavy atom. The highest BCUT2D eigenvalue weighted by Crippen LogP contribution is 2.34. The predicted octanol–water partition coefficient (Wildman–Crippen LogP) is 2.28. The van der Waals surface area contributed by atoms with Crippen molar-refractivity contribution >= 4 is 0 Å². The molecule has 0 aromatic rings. The van der Waals surface area contributed by atoms with Crippen LogP contribution in [0.1, 0.15) is 52.4 Å². The van der Waals surface area contributed by atoms with Crippen molar-refractivity contribution in [2.75, 3.05) is 0 Å². The molecule has 0 bridgehead atoms. The monoisotopic (exact) mass is 210 g/mol. The van der Waals surface area contributed by atoms with Crippen molar-refractivity contribution in [3.05, 3.63) is 0 Å². The smallest absolute Gasteiger partial charge is 0.00751 e. The van der Waals surface area contributed by atoms with E-state index in [1.807, 2.05) is 0 Å². The number of hydrogen-bond acceptors (Lipinski definition) is 2. The number of rotatable bonds is 3. The van der Waals surface area contributed by atoms with Crippen LogP contribution in [0.4, 0.5) is 0 Å². The van der Waals surface area contributed by atoms with Gasteiger partial charge >= 0.3 is 0 Å². The molecule has 0 aromatic heterocycles. The molecule has 2 saturated carbocycles. The maximum atomic E-state index is 5.91. The summed E-state index contributed by atoms with van der Waals surface area (Å²) in [5.41, 5.74) is 5.91. The van der Waals surface area contributed by atoms with Crippen molar-refractivity contribution in [2.45, 2.75) is 70.5 Å². The summed E-state index contributed by atoms with van der Waals surface area (Å²) in [6, 6.07) is 2.06. The first kappa shape index (κ1) is 11.4. The summed E-state index contributed by atoms with van der Waals surface area (Å²) in [5.74, 6) is 1.86. The van der Waals surface area contributed by atoms with E-state index in [1.54, 1.807) is 0 Å². The Bertz CT molecular complexity index is 189. The molecule has 0 amide bonds. The van der Waals surface area contributed by atoms with Crippen LogP contribution in [0.5, 0.6) is 0 Å². The van der Waals surface area contributed by atoms with Crippen LogP contribution < -0.4 is 11.1 Å². The minimum atomic E-state index is 0.479. The van der Waals surface area contributed by atoms with Crippen LogP contribution in [0, 0.1) is 11.8 Å². The largest absolute Gasteiger partial charge is 0.328 e. The summed E-state index contributed by atoms with van der Waals surface area (Å²) < 4.78 is 0. The Kier molecular flexibility index (Phi) is 3.68. The number of hydrogen-bond donors (Lipinski definition) is 2. The lowest BCUT2D eigenvalue weighted by Crippen LogP contribution is -2.49. The maximum absolute atomic E-state index is 5.91. The number of nitrogens with one attached hydrogen (secondary N) is 1. The van der Waals surface area contributed by atoms with Crippen molar-refractivity contribution in [3.8, 4) is 0 Å². The molecule has 3 N–H and O–H groups in total. The van der Waals surface area contributed by atoms with Gasteiger partial charge < -0.3 is 11.1 Å². The highest BCUT2D eigenvalue weighted by Gasteiger charge is 2.32. The second kappa shape index (κ2) is 4.84. The SMILES string of the molecule is CC(C)C1CC(NC2CCC(N)CC2)C1. The average molecular weight is 210 g/mol. The van der Waals surface area contributed by atoms with E-state index in [1.165, 1.54) is 38.5 Å². The summed E-state index contributed by atoms with van der Waals surface area (Å²) in [5, 5.41) is 3.81. The second-order valence-corrected chi connectivity index (χ2v) is 5.95. The molecule has 15 heavy (non-hydrogen) atoms. The van der Waals surface area contributed by atoms with Crippen molar-refractivity contribution in [3.63, 3.8) is 0 Å². The van der Waals surface area contributed by atoms with E-state index >= 15 is 0 Å². The third-order valence-corrected chi connectivity index (χ3v) is 4.36. The summed E-state index contributed by atoms with van der Waals surface area (Å²) in [4.78, 5) is 0. The lowest BCUT2D eigenvalue weighted by molar-refractivity contribution is 0.147. The van der Waals surface area contributed by atoms with E-state index < -0.39 is 0 Å². The third-order valence-electron chi connectivity index (χ3n) is 4.36. The van der Waals surface area contributed by atoms with Crippen LogP contribution in [0.25, 0.3) is 0 Å². The van der Waals surface area contributed by atoms with Crippen LogP contribution in [-0.4, -0.2) is 18.1 Å². The van der Waals surface area contributed by atoms with Gasteiger partial charge in [0.1, 0.15) is 0 Å². The van der Waals surface area contributed by atoms with Crippen molar-refractivity contribution < 1.29 is 0 Å². The molecule has 0 spiro atoms. The maximum Gasteiger partial charge on any atom is 0.00751 e. The van der Waals surface area contributed by atoms with Gasteiger partial charge in [0, 0.05) is 18.1 Å². The van der Waals surface area contributed by atoms with Gasteiger partial charge in [0.05, 0.1) is 0 Å². The first-order valence-corrected chi connectivity index (χ1v) is 6.66. The van der Waals surface area contributed by atoms with Gasteiger partial charge in [-0.1, -0.05) is 13.8 Å². The molecule has 0 aromatic carbocycles. The second-order valence-electron chi connectivity index (χ2n) is 5.95. The summed E-state index contributed by atoms with van der Waals surface area (Å²) in [6.45, 7) is 4.70.